The maximum absolute atomic E-state index is 12.9. The summed E-state index contributed by atoms with van der Waals surface area (Å²) in [7, 11) is 0. The van der Waals surface area contributed by atoms with Crippen molar-refractivity contribution in [2.24, 2.45) is 0 Å². The second-order valence-corrected chi connectivity index (χ2v) is 5.63. The first-order valence-electron chi connectivity index (χ1n) is 6.33. The first kappa shape index (κ1) is 15.9. The van der Waals surface area contributed by atoms with E-state index in [1.165, 1.54) is 6.07 Å². The van der Waals surface area contributed by atoms with Gasteiger partial charge in [0.15, 0.2) is 0 Å². The van der Waals surface area contributed by atoms with Gasteiger partial charge >= 0.3 is 6.18 Å². The molecule has 0 radical (unpaired) electrons. The monoisotopic (exact) mass is 326 g/mol. The van der Waals surface area contributed by atoms with Gasteiger partial charge in [0.2, 0.25) is 0 Å². The molecule has 20 heavy (non-hydrogen) atoms. The second-order valence-electron chi connectivity index (χ2n) is 4.79. The molecule has 0 bridgehead atoms. The Bertz CT molecular complexity index is 459. The molecule has 1 atom stereocenters. The average Bonchev–Trinajstić information content (AvgIpc) is 2.39. The molecular formula is C13H15Cl2F3N2. The average molecular weight is 327 g/mol. The maximum atomic E-state index is 12.9. The molecule has 0 aromatic heterocycles. The van der Waals surface area contributed by atoms with Crippen molar-refractivity contribution in [3.05, 3.63) is 33.8 Å². The summed E-state index contributed by atoms with van der Waals surface area (Å²) in [6, 6.07) is 3.87. The van der Waals surface area contributed by atoms with Crippen molar-refractivity contribution < 1.29 is 13.2 Å². The van der Waals surface area contributed by atoms with Crippen molar-refractivity contribution in [2.45, 2.75) is 18.6 Å². The van der Waals surface area contributed by atoms with Gasteiger partial charge < -0.3 is 5.32 Å². The first-order valence-corrected chi connectivity index (χ1v) is 7.09. The normalized spacial score (nSPS) is 19.1. The molecule has 1 heterocycles. The molecule has 0 saturated carbocycles. The molecule has 2 rings (SSSR count). The van der Waals surface area contributed by atoms with Gasteiger partial charge in [-0.2, -0.15) is 13.2 Å². The molecule has 1 aliphatic rings. The van der Waals surface area contributed by atoms with E-state index in [0.29, 0.717) is 41.8 Å². The lowest BCUT2D eigenvalue weighted by molar-refractivity contribution is -0.148. The molecule has 1 saturated heterocycles. The van der Waals surface area contributed by atoms with Gasteiger partial charge in [0, 0.05) is 42.3 Å². The van der Waals surface area contributed by atoms with Crippen molar-refractivity contribution in [2.75, 3.05) is 26.2 Å². The van der Waals surface area contributed by atoms with E-state index in [1.807, 2.05) is 4.90 Å². The predicted octanol–water partition coefficient (Wildman–Crippen LogP) is 3.89. The first-order chi connectivity index (χ1) is 9.37. The summed E-state index contributed by atoms with van der Waals surface area (Å²) in [6.07, 6.45) is -5.17. The highest BCUT2D eigenvalue weighted by Crippen LogP contribution is 2.38. The van der Waals surface area contributed by atoms with Gasteiger partial charge in [0.25, 0.3) is 0 Å². The fraction of sp³-hybridized carbons (Fsp3) is 0.538. The summed E-state index contributed by atoms with van der Waals surface area (Å²) >= 11 is 12.0. The zero-order valence-corrected chi connectivity index (χ0v) is 12.2. The lowest BCUT2D eigenvalue weighted by atomic mass is 10.0. The molecule has 112 valence electrons. The van der Waals surface area contributed by atoms with Gasteiger partial charge in [0.1, 0.15) is 0 Å². The SMILES string of the molecule is FC(F)(F)C[C@H](c1cc(Cl)ccc1Cl)N1CCNCC1. The van der Waals surface area contributed by atoms with Gasteiger partial charge in [0.05, 0.1) is 6.42 Å². The highest BCUT2D eigenvalue weighted by Gasteiger charge is 2.36. The minimum absolute atomic E-state index is 0.321. The number of hydrogen-bond donors (Lipinski definition) is 1. The molecule has 0 spiro atoms. The van der Waals surface area contributed by atoms with Gasteiger partial charge in [-0.3, -0.25) is 4.90 Å². The van der Waals surface area contributed by atoms with Crippen LogP contribution in [0.3, 0.4) is 0 Å². The Balaban J connectivity index is 2.31. The third-order valence-corrected chi connectivity index (χ3v) is 3.91. The fourth-order valence-corrected chi connectivity index (χ4v) is 2.84. The summed E-state index contributed by atoms with van der Waals surface area (Å²) in [5.41, 5.74) is 0.443. The number of nitrogens with one attached hydrogen (secondary N) is 1. The van der Waals surface area contributed by atoms with Crippen LogP contribution in [0.5, 0.6) is 0 Å². The summed E-state index contributed by atoms with van der Waals surface area (Å²) < 4.78 is 38.6. The van der Waals surface area contributed by atoms with E-state index in [9.17, 15) is 13.2 Å². The predicted molar refractivity (Wildman–Crippen MR) is 74.3 cm³/mol. The largest absolute Gasteiger partial charge is 0.390 e. The molecule has 0 aliphatic carbocycles. The van der Waals surface area contributed by atoms with Crippen LogP contribution >= 0.6 is 23.2 Å². The van der Waals surface area contributed by atoms with Crippen LogP contribution in [0, 0.1) is 0 Å². The van der Waals surface area contributed by atoms with E-state index in [-0.39, 0.29) is 0 Å². The third-order valence-electron chi connectivity index (χ3n) is 3.33. The van der Waals surface area contributed by atoms with E-state index in [4.69, 9.17) is 23.2 Å². The summed E-state index contributed by atoms with van der Waals surface area (Å²) in [5, 5.41) is 3.84. The Kier molecular flexibility index (Phi) is 5.18. The summed E-state index contributed by atoms with van der Waals surface area (Å²) in [6.45, 7) is 2.46. The molecular weight excluding hydrogens is 312 g/mol. The number of rotatable bonds is 3. The van der Waals surface area contributed by atoms with Crippen LogP contribution < -0.4 is 5.32 Å². The van der Waals surface area contributed by atoms with Crippen LogP contribution in [0.4, 0.5) is 13.2 Å². The van der Waals surface area contributed by atoms with Crippen LogP contribution in [0.15, 0.2) is 18.2 Å². The van der Waals surface area contributed by atoms with Crippen LogP contribution in [0.1, 0.15) is 18.0 Å². The van der Waals surface area contributed by atoms with E-state index < -0.39 is 18.6 Å². The fourth-order valence-electron chi connectivity index (χ4n) is 2.42. The molecule has 0 amide bonds. The smallest absolute Gasteiger partial charge is 0.314 e. The summed E-state index contributed by atoms with van der Waals surface area (Å²) in [4.78, 5) is 1.81. The highest BCUT2D eigenvalue weighted by molar-refractivity contribution is 6.33. The molecule has 1 aromatic carbocycles. The lowest BCUT2D eigenvalue weighted by Gasteiger charge is -2.36. The quantitative estimate of drug-likeness (QED) is 0.906. The lowest BCUT2D eigenvalue weighted by Crippen LogP contribution is -2.46. The minimum atomic E-state index is -4.25. The van der Waals surface area contributed by atoms with Crippen molar-refractivity contribution >= 4 is 23.2 Å². The molecule has 1 aliphatic heterocycles. The number of nitrogens with zero attached hydrogens (tertiary/aromatic N) is 1. The van der Waals surface area contributed by atoms with E-state index in [2.05, 4.69) is 5.32 Å². The Hall–Kier alpha value is -0.490. The Morgan fingerprint density at radius 2 is 1.85 bits per heavy atom. The van der Waals surface area contributed by atoms with Crippen LogP contribution in [-0.2, 0) is 0 Å². The van der Waals surface area contributed by atoms with Gasteiger partial charge in [-0.25, -0.2) is 0 Å². The summed E-state index contributed by atoms with van der Waals surface area (Å²) in [5.74, 6) is 0. The second kappa shape index (κ2) is 6.52. The molecule has 1 aromatic rings. The van der Waals surface area contributed by atoms with Crippen LogP contribution in [0.2, 0.25) is 10.0 Å². The van der Waals surface area contributed by atoms with E-state index >= 15 is 0 Å². The van der Waals surface area contributed by atoms with E-state index in [1.54, 1.807) is 12.1 Å². The van der Waals surface area contributed by atoms with E-state index in [0.717, 1.165) is 0 Å². The number of hydrogen-bond acceptors (Lipinski definition) is 2. The molecule has 7 heteroatoms. The number of halogens is 5. The number of piperazine rings is 1. The standard InChI is InChI=1S/C13H15Cl2F3N2/c14-9-1-2-11(15)10(7-9)12(8-13(16,17)18)20-5-3-19-4-6-20/h1-2,7,12,19H,3-6,8H2/t12-/m1/s1. The van der Waals surface area contributed by atoms with Crippen molar-refractivity contribution in [3.8, 4) is 0 Å². The topological polar surface area (TPSA) is 15.3 Å². The van der Waals surface area contributed by atoms with Crippen LogP contribution in [-0.4, -0.2) is 37.3 Å². The highest BCUT2D eigenvalue weighted by atomic mass is 35.5. The molecule has 1 N–H and O–H groups in total. The van der Waals surface area contributed by atoms with Crippen molar-refractivity contribution in [3.63, 3.8) is 0 Å². The van der Waals surface area contributed by atoms with Gasteiger partial charge in [-0.1, -0.05) is 23.2 Å². The molecule has 1 fully saturated rings. The van der Waals surface area contributed by atoms with Crippen molar-refractivity contribution in [1.29, 1.82) is 0 Å². The van der Waals surface area contributed by atoms with Crippen LogP contribution in [0.25, 0.3) is 0 Å². The molecule has 0 unspecified atom stereocenters. The Morgan fingerprint density at radius 1 is 1.20 bits per heavy atom. The zero-order valence-electron chi connectivity index (χ0n) is 10.7. The minimum Gasteiger partial charge on any atom is -0.314 e. The molecule has 2 nitrogen and oxygen atoms in total. The van der Waals surface area contributed by atoms with Gasteiger partial charge in [-0.15, -0.1) is 0 Å². The number of alkyl halides is 3. The Labute approximate surface area is 125 Å². The Morgan fingerprint density at radius 3 is 2.45 bits per heavy atom. The van der Waals surface area contributed by atoms with Crippen molar-refractivity contribution in [1.82, 2.24) is 10.2 Å². The zero-order chi connectivity index (χ0) is 14.8. The number of benzene rings is 1. The maximum Gasteiger partial charge on any atom is 0.390 e. The van der Waals surface area contributed by atoms with Gasteiger partial charge in [-0.05, 0) is 23.8 Å². The third kappa shape index (κ3) is 4.25.